The molecular weight excluding hydrogens is 238 g/mol. The minimum atomic E-state index is -0.0396. The van der Waals surface area contributed by atoms with Crippen molar-refractivity contribution in [2.45, 2.75) is 13.1 Å². The third-order valence-electron chi connectivity index (χ3n) is 2.23. The molecule has 2 aromatic rings. The first-order chi connectivity index (χ1) is 8.16. The van der Waals surface area contributed by atoms with Gasteiger partial charge in [-0.1, -0.05) is 18.3 Å². The molecule has 0 saturated carbocycles. The summed E-state index contributed by atoms with van der Waals surface area (Å²) in [4.78, 5) is 15.5. The molecule has 2 aromatic heterocycles. The summed E-state index contributed by atoms with van der Waals surface area (Å²) in [5.74, 6) is 0.348. The Labute approximate surface area is 103 Å². The Morgan fingerprint density at radius 2 is 2.24 bits per heavy atom. The van der Waals surface area contributed by atoms with E-state index < -0.39 is 0 Å². The van der Waals surface area contributed by atoms with Crippen molar-refractivity contribution in [1.82, 2.24) is 19.3 Å². The van der Waals surface area contributed by atoms with Gasteiger partial charge >= 0.3 is 0 Å². The molecule has 0 spiro atoms. The predicted molar refractivity (Wildman–Crippen MR) is 66.6 cm³/mol. The number of aryl methyl sites for hydroxylation is 2. The Bertz CT molecular complexity index is 588. The lowest BCUT2D eigenvalue weighted by Gasteiger charge is -2.04. The van der Waals surface area contributed by atoms with Crippen LogP contribution in [0.25, 0.3) is 0 Å². The lowest BCUT2D eigenvalue weighted by Crippen LogP contribution is -2.21. The molecular formula is C10H11N5OS. The fourth-order valence-electron chi connectivity index (χ4n) is 1.37. The van der Waals surface area contributed by atoms with Crippen molar-refractivity contribution in [2.75, 3.05) is 0 Å². The molecule has 0 unspecified atom stereocenters. The van der Waals surface area contributed by atoms with E-state index in [0.29, 0.717) is 18.9 Å². The molecule has 2 heterocycles. The molecule has 0 amide bonds. The molecule has 0 saturated heterocycles. The molecule has 0 atom stereocenters. The van der Waals surface area contributed by atoms with Gasteiger partial charge in [-0.15, -0.1) is 5.10 Å². The van der Waals surface area contributed by atoms with Crippen LogP contribution in [0.5, 0.6) is 0 Å². The van der Waals surface area contributed by atoms with Gasteiger partial charge < -0.3 is 10.3 Å². The summed E-state index contributed by atoms with van der Waals surface area (Å²) in [6.45, 7) is 1.07. The van der Waals surface area contributed by atoms with Crippen LogP contribution in [0.1, 0.15) is 5.82 Å². The van der Waals surface area contributed by atoms with E-state index in [1.54, 1.807) is 27.8 Å². The SMILES string of the molecule is NC(=S)c1ncn(CCn2ccccc2=O)n1. The maximum atomic E-state index is 11.4. The molecule has 6 nitrogen and oxygen atoms in total. The highest BCUT2D eigenvalue weighted by molar-refractivity contribution is 7.80. The quantitative estimate of drug-likeness (QED) is 0.757. The number of thiocarbonyl (C=S) groups is 1. The average Bonchev–Trinajstić information content (AvgIpc) is 2.77. The van der Waals surface area contributed by atoms with E-state index in [9.17, 15) is 4.79 Å². The van der Waals surface area contributed by atoms with Gasteiger partial charge in [0.2, 0.25) is 5.82 Å². The number of hydrogen-bond donors (Lipinski definition) is 1. The zero-order valence-electron chi connectivity index (χ0n) is 8.98. The second kappa shape index (κ2) is 4.88. The van der Waals surface area contributed by atoms with Crippen LogP contribution in [0.15, 0.2) is 35.5 Å². The summed E-state index contributed by atoms with van der Waals surface area (Å²) in [6.07, 6.45) is 3.27. The van der Waals surface area contributed by atoms with Gasteiger partial charge in [0.25, 0.3) is 5.56 Å². The summed E-state index contributed by atoms with van der Waals surface area (Å²) in [5, 5.41) is 4.08. The van der Waals surface area contributed by atoms with Crippen LogP contribution in [0.2, 0.25) is 0 Å². The number of nitrogens with two attached hydrogens (primary N) is 1. The molecule has 0 aromatic carbocycles. The molecule has 0 bridgehead atoms. The number of hydrogen-bond acceptors (Lipinski definition) is 4. The van der Waals surface area contributed by atoms with Gasteiger partial charge in [-0.2, -0.15) is 0 Å². The summed E-state index contributed by atoms with van der Waals surface area (Å²) < 4.78 is 3.20. The first kappa shape index (κ1) is 11.5. The summed E-state index contributed by atoms with van der Waals surface area (Å²) in [6, 6.07) is 5.03. The third-order valence-corrected chi connectivity index (χ3v) is 2.41. The number of pyridine rings is 1. The Morgan fingerprint density at radius 3 is 2.88 bits per heavy atom. The highest BCUT2D eigenvalue weighted by Crippen LogP contribution is 1.91. The Kier molecular flexibility index (Phi) is 3.29. The average molecular weight is 249 g/mol. The van der Waals surface area contributed by atoms with Gasteiger partial charge in [-0.05, 0) is 6.07 Å². The van der Waals surface area contributed by atoms with Crippen LogP contribution in [0, 0.1) is 0 Å². The lowest BCUT2D eigenvalue weighted by molar-refractivity contribution is 0.522. The van der Waals surface area contributed by atoms with Crippen molar-refractivity contribution in [1.29, 1.82) is 0 Å². The molecule has 0 aliphatic rings. The van der Waals surface area contributed by atoms with Crippen LogP contribution in [0.4, 0.5) is 0 Å². The van der Waals surface area contributed by atoms with Crippen LogP contribution in [0.3, 0.4) is 0 Å². The Morgan fingerprint density at radius 1 is 1.41 bits per heavy atom. The van der Waals surface area contributed by atoms with Crippen LogP contribution >= 0.6 is 12.2 Å². The first-order valence-electron chi connectivity index (χ1n) is 5.01. The molecule has 2 N–H and O–H groups in total. The fraction of sp³-hybridized carbons (Fsp3) is 0.200. The highest BCUT2D eigenvalue weighted by atomic mass is 32.1. The van der Waals surface area contributed by atoms with Gasteiger partial charge in [0.05, 0.1) is 6.54 Å². The van der Waals surface area contributed by atoms with E-state index in [2.05, 4.69) is 10.1 Å². The van der Waals surface area contributed by atoms with E-state index in [1.807, 2.05) is 6.07 Å². The topological polar surface area (TPSA) is 78.7 Å². The molecule has 0 aliphatic carbocycles. The van der Waals surface area contributed by atoms with Crippen molar-refractivity contribution >= 4 is 17.2 Å². The lowest BCUT2D eigenvalue weighted by atomic mass is 10.4. The maximum Gasteiger partial charge on any atom is 0.250 e. The van der Waals surface area contributed by atoms with E-state index in [0.717, 1.165) is 0 Å². The summed E-state index contributed by atoms with van der Waals surface area (Å²) in [5.41, 5.74) is 5.36. The zero-order valence-corrected chi connectivity index (χ0v) is 9.80. The normalized spacial score (nSPS) is 10.4. The van der Waals surface area contributed by atoms with Crippen LogP contribution < -0.4 is 11.3 Å². The van der Waals surface area contributed by atoms with Crippen molar-refractivity contribution in [3.63, 3.8) is 0 Å². The second-order valence-corrected chi connectivity index (χ2v) is 3.87. The monoisotopic (exact) mass is 249 g/mol. The molecule has 0 aliphatic heterocycles. The summed E-state index contributed by atoms with van der Waals surface area (Å²) >= 11 is 4.76. The number of rotatable bonds is 4. The van der Waals surface area contributed by atoms with Gasteiger partial charge in [0.15, 0.2) is 0 Å². The standard InChI is InChI=1S/C10H11N5OS/c11-9(17)10-12-7-15(13-10)6-5-14-4-2-1-3-8(14)16/h1-4,7H,5-6H2,(H2,11,17). The van der Waals surface area contributed by atoms with Crippen LogP contribution in [-0.2, 0) is 13.1 Å². The van der Waals surface area contributed by atoms with E-state index in [-0.39, 0.29) is 10.5 Å². The largest absolute Gasteiger partial charge is 0.387 e. The van der Waals surface area contributed by atoms with Gasteiger partial charge in [-0.25, -0.2) is 4.98 Å². The van der Waals surface area contributed by atoms with E-state index >= 15 is 0 Å². The smallest absolute Gasteiger partial charge is 0.250 e. The Hall–Kier alpha value is -2.02. The molecule has 7 heteroatoms. The van der Waals surface area contributed by atoms with Gasteiger partial charge in [0.1, 0.15) is 11.3 Å². The van der Waals surface area contributed by atoms with Gasteiger partial charge in [-0.3, -0.25) is 9.48 Å². The minimum absolute atomic E-state index is 0.0396. The zero-order chi connectivity index (χ0) is 12.3. The Balaban J connectivity index is 2.05. The van der Waals surface area contributed by atoms with Crippen LogP contribution in [-0.4, -0.2) is 24.3 Å². The fourth-order valence-corrected chi connectivity index (χ4v) is 1.46. The predicted octanol–water partition coefficient (Wildman–Crippen LogP) is -0.226. The molecule has 0 radical (unpaired) electrons. The number of aromatic nitrogens is 4. The summed E-state index contributed by atoms with van der Waals surface area (Å²) in [7, 11) is 0. The first-order valence-corrected chi connectivity index (χ1v) is 5.42. The second-order valence-electron chi connectivity index (χ2n) is 3.43. The van der Waals surface area contributed by atoms with Crippen molar-refractivity contribution in [3.05, 3.63) is 46.9 Å². The van der Waals surface area contributed by atoms with Crippen molar-refractivity contribution in [3.8, 4) is 0 Å². The van der Waals surface area contributed by atoms with Gasteiger partial charge in [0, 0.05) is 18.8 Å². The molecule has 0 fully saturated rings. The number of nitrogens with zero attached hydrogens (tertiary/aromatic N) is 4. The maximum absolute atomic E-state index is 11.4. The van der Waals surface area contributed by atoms with Crippen molar-refractivity contribution in [2.24, 2.45) is 5.73 Å². The van der Waals surface area contributed by atoms with Crippen molar-refractivity contribution < 1.29 is 0 Å². The van der Waals surface area contributed by atoms with E-state index in [4.69, 9.17) is 18.0 Å². The highest BCUT2D eigenvalue weighted by Gasteiger charge is 2.03. The van der Waals surface area contributed by atoms with E-state index in [1.165, 1.54) is 6.07 Å². The third kappa shape index (κ3) is 2.76. The molecule has 17 heavy (non-hydrogen) atoms. The molecule has 2 rings (SSSR count). The molecule has 88 valence electrons. The minimum Gasteiger partial charge on any atom is -0.387 e.